The van der Waals surface area contributed by atoms with Crippen molar-refractivity contribution in [3.63, 3.8) is 0 Å². The fraction of sp³-hybridized carbons (Fsp3) is 0.421. The number of amides is 1. The molecule has 1 aromatic carbocycles. The number of thiazole rings is 1. The number of rotatable bonds is 9. The van der Waals surface area contributed by atoms with Crippen molar-refractivity contribution in [3.05, 3.63) is 45.9 Å². The van der Waals surface area contributed by atoms with E-state index in [0.29, 0.717) is 16.1 Å². The molecule has 0 radical (unpaired) electrons. The van der Waals surface area contributed by atoms with E-state index >= 15 is 0 Å². The Morgan fingerprint density at radius 2 is 2.00 bits per heavy atom. The summed E-state index contributed by atoms with van der Waals surface area (Å²) in [6, 6.07) is 7.23. The van der Waals surface area contributed by atoms with Crippen LogP contribution in [-0.2, 0) is 16.1 Å². The highest BCUT2D eigenvalue weighted by molar-refractivity contribution is 7.13. The van der Waals surface area contributed by atoms with Crippen LogP contribution >= 0.6 is 22.9 Å². The zero-order chi connectivity index (χ0) is 19.8. The maximum absolute atomic E-state index is 12.2. The lowest BCUT2D eigenvalue weighted by Crippen LogP contribution is -2.35. The van der Waals surface area contributed by atoms with Gasteiger partial charge in [0.15, 0.2) is 16.9 Å². The van der Waals surface area contributed by atoms with Crippen molar-refractivity contribution >= 4 is 39.9 Å². The maximum Gasteiger partial charge on any atom is 0.358 e. The summed E-state index contributed by atoms with van der Waals surface area (Å²) in [5.74, 6) is -0.427. The fourth-order valence-corrected chi connectivity index (χ4v) is 3.07. The fourth-order valence-electron chi connectivity index (χ4n) is 2.16. The molecule has 0 aliphatic heterocycles. The number of hydrogen-bond donors (Lipinski definition) is 2. The number of carbonyl (C=O) groups is 2. The Balaban J connectivity index is 1.81. The van der Waals surface area contributed by atoms with E-state index < -0.39 is 18.0 Å². The van der Waals surface area contributed by atoms with Gasteiger partial charge in [-0.25, -0.2) is 9.78 Å². The molecule has 1 heterocycles. The SMILES string of the molecule is CC(C)CCNc1nc(C(=O)O[C@H](C)C(=O)NCc2ccccc2Cl)cs1. The van der Waals surface area contributed by atoms with Crippen LogP contribution in [0.2, 0.25) is 5.02 Å². The van der Waals surface area contributed by atoms with Crippen LogP contribution in [0.25, 0.3) is 0 Å². The third kappa shape index (κ3) is 6.84. The second kappa shape index (κ2) is 10.3. The van der Waals surface area contributed by atoms with Crippen molar-refractivity contribution in [2.24, 2.45) is 5.92 Å². The van der Waals surface area contributed by atoms with Crippen LogP contribution in [0, 0.1) is 5.92 Å². The van der Waals surface area contributed by atoms with E-state index in [4.69, 9.17) is 16.3 Å². The second-order valence-electron chi connectivity index (χ2n) is 6.50. The highest BCUT2D eigenvalue weighted by atomic mass is 35.5. The Kier molecular flexibility index (Phi) is 8.06. The van der Waals surface area contributed by atoms with Crippen LogP contribution < -0.4 is 10.6 Å². The molecule has 146 valence electrons. The molecule has 0 spiro atoms. The molecular weight excluding hydrogens is 386 g/mol. The van der Waals surface area contributed by atoms with Crippen molar-refractivity contribution in [1.29, 1.82) is 0 Å². The van der Waals surface area contributed by atoms with Gasteiger partial charge in [-0.15, -0.1) is 11.3 Å². The zero-order valence-corrected chi connectivity index (χ0v) is 17.2. The number of anilines is 1. The summed E-state index contributed by atoms with van der Waals surface area (Å²) < 4.78 is 5.21. The van der Waals surface area contributed by atoms with Gasteiger partial charge in [-0.3, -0.25) is 4.79 Å². The molecule has 2 N–H and O–H groups in total. The highest BCUT2D eigenvalue weighted by Gasteiger charge is 2.20. The van der Waals surface area contributed by atoms with E-state index in [-0.39, 0.29) is 12.2 Å². The van der Waals surface area contributed by atoms with Crippen LogP contribution in [0.15, 0.2) is 29.6 Å². The van der Waals surface area contributed by atoms with Crippen LogP contribution in [0.4, 0.5) is 5.13 Å². The number of carbonyl (C=O) groups excluding carboxylic acids is 2. The number of nitrogens with one attached hydrogen (secondary N) is 2. The molecule has 0 bridgehead atoms. The zero-order valence-electron chi connectivity index (χ0n) is 15.6. The molecule has 6 nitrogen and oxygen atoms in total. The number of ether oxygens (including phenoxy) is 1. The molecule has 0 fully saturated rings. The summed E-state index contributed by atoms with van der Waals surface area (Å²) in [5.41, 5.74) is 0.987. The lowest BCUT2D eigenvalue weighted by atomic mass is 10.1. The van der Waals surface area contributed by atoms with E-state index in [1.165, 1.54) is 18.3 Å². The minimum absolute atomic E-state index is 0.192. The van der Waals surface area contributed by atoms with Gasteiger partial charge in [0.05, 0.1) is 0 Å². The average molecular weight is 410 g/mol. The van der Waals surface area contributed by atoms with Gasteiger partial charge >= 0.3 is 5.97 Å². The van der Waals surface area contributed by atoms with Gasteiger partial charge in [-0.1, -0.05) is 43.6 Å². The van der Waals surface area contributed by atoms with Gasteiger partial charge in [-0.05, 0) is 30.9 Å². The van der Waals surface area contributed by atoms with Gasteiger partial charge in [0, 0.05) is 23.5 Å². The summed E-state index contributed by atoms with van der Waals surface area (Å²) in [5, 5.41) is 8.74. The summed E-state index contributed by atoms with van der Waals surface area (Å²) in [6.45, 7) is 6.87. The van der Waals surface area contributed by atoms with Crippen molar-refractivity contribution in [3.8, 4) is 0 Å². The highest BCUT2D eigenvalue weighted by Crippen LogP contribution is 2.17. The van der Waals surface area contributed by atoms with E-state index in [1.54, 1.807) is 11.4 Å². The minimum Gasteiger partial charge on any atom is -0.448 e. The standard InChI is InChI=1S/C19H24ClN3O3S/c1-12(2)8-9-21-19-23-16(11-27-19)18(25)26-13(3)17(24)22-10-14-6-4-5-7-15(14)20/h4-7,11-13H,8-10H2,1-3H3,(H,21,23)(H,22,24)/t13-/m1/s1. The van der Waals surface area contributed by atoms with Crippen molar-refractivity contribution in [2.75, 3.05) is 11.9 Å². The Bertz CT molecular complexity index is 779. The van der Waals surface area contributed by atoms with Gasteiger partial charge in [-0.2, -0.15) is 0 Å². The topological polar surface area (TPSA) is 80.3 Å². The monoisotopic (exact) mass is 409 g/mol. The number of esters is 1. The smallest absolute Gasteiger partial charge is 0.358 e. The van der Waals surface area contributed by atoms with Crippen LogP contribution in [0.3, 0.4) is 0 Å². The molecule has 2 aromatic rings. The molecule has 1 amide bonds. The molecule has 0 saturated carbocycles. The van der Waals surface area contributed by atoms with Crippen molar-refractivity contribution in [2.45, 2.75) is 39.8 Å². The molecule has 0 saturated heterocycles. The number of benzene rings is 1. The van der Waals surface area contributed by atoms with E-state index in [9.17, 15) is 9.59 Å². The van der Waals surface area contributed by atoms with Crippen molar-refractivity contribution in [1.82, 2.24) is 10.3 Å². The van der Waals surface area contributed by atoms with Crippen LogP contribution in [0.5, 0.6) is 0 Å². The Labute approximate surface area is 168 Å². The Morgan fingerprint density at radius 3 is 2.70 bits per heavy atom. The van der Waals surface area contributed by atoms with Gasteiger partial charge < -0.3 is 15.4 Å². The first-order valence-electron chi connectivity index (χ1n) is 8.78. The molecule has 0 aliphatic carbocycles. The lowest BCUT2D eigenvalue weighted by molar-refractivity contribution is -0.129. The average Bonchev–Trinajstić information content (AvgIpc) is 3.09. The second-order valence-corrected chi connectivity index (χ2v) is 7.77. The molecule has 2 rings (SSSR count). The Hall–Kier alpha value is -2.12. The predicted molar refractivity (Wildman–Crippen MR) is 108 cm³/mol. The van der Waals surface area contributed by atoms with E-state index in [0.717, 1.165) is 18.5 Å². The van der Waals surface area contributed by atoms with Gasteiger partial charge in [0.2, 0.25) is 0 Å². The number of hydrogen-bond acceptors (Lipinski definition) is 6. The number of aromatic nitrogens is 1. The molecule has 0 aliphatic rings. The summed E-state index contributed by atoms with van der Waals surface area (Å²) in [7, 11) is 0. The molecule has 0 unspecified atom stereocenters. The predicted octanol–water partition coefficient (Wildman–Crippen LogP) is 4.12. The summed E-state index contributed by atoms with van der Waals surface area (Å²) >= 11 is 7.39. The van der Waals surface area contributed by atoms with Crippen LogP contribution in [-0.4, -0.2) is 29.5 Å². The first-order chi connectivity index (χ1) is 12.9. The number of halogens is 1. The minimum atomic E-state index is -0.931. The normalized spacial score (nSPS) is 11.9. The molecular formula is C19H24ClN3O3S. The summed E-state index contributed by atoms with van der Waals surface area (Å²) in [4.78, 5) is 28.5. The van der Waals surface area contributed by atoms with Gasteiger partial charge in [0.25, 0.3) is 5.91 Å². The third-order valence-corrected chi connectivity index (χ3v) is 4.94. The van der Waals surface area contributed by atoms with E-state index in [1.807, 2.05) is 18.2 Å². The first kappa shape index (κ1) is 21.2. The molecule has 1 atom stereocenters. The summed E-state index contributed by atoms with van der Waals surface area (Å²) in [6.07, 6.45) is 0.0844. The first-order valence-corrected chi connectivity index (χ1v) is 10.0. The van der Waals surface area contributed by atoms with E-state index in [2.05, 4.69) is 29.5 Å². The largest absolute Gasteiger partial charge is 0.448 e. The molecule has 27 heavy (non-hydrogen) atoms. The third-order valence-electron chi connectivity index (χ3n) is 3.78. The molecule has 1 aromatic heterocycles. The number of nitrogens with zero attached hydrogens (tertiary/aromatic N) is 1. The lowest BCUT2D eigenvalue weighted by Gasteiger charge is -2.13. The van der Waals surface area contributed by atoms with Gasteiger partial charge in [0.1, 0.15) is 0 Å². The maximum atomic E-state index is 12.2. The Morgan fingerprint density at radius 1 is 1.26 bits per heavy atom. The molecule has 8 heteroatoms. The van der Waals surface area contributed by atoms with Crippen molar-refractivity contribution < 1.29 is 14.3 Å². The quantitative estimate of drug-likeness (QED) is 0.609. The van der Waals surface area contributed by atoms with Crippen LogP contribution in [0.1, 0.15) is 43.2 Å².